The smallest absolute Gasteiger partial charge is 0.0191 e. The van der Waals surface area contributed by atoms with E-state index in [2.05, 4.69) is 22.1 Å². The normalized spacial score (nSPS) is 28.1. The summed E-state index contributed by atoms with van der Waals surface area (Å²) >= 11 is 0. The van der Waals surface area contributed by atoms with Crippen molar-refractivity contribution in [2.24, 2.45) is 0 Å². The maximum absolute atomic E-state index is 4.21. The van der Waals surface area contributed by atoms with Gasteiger partial charge in [0.1, 0.15) is 0 Å². The predicted octanol–water partition coefficient (Wildman–Crippen LogP) is 0.590. The summed E-state index contributed by atoms with van der Waals surface area (Å²) in [6, 6.07) is 0.709. The Morgan fingerprint density at radius 3 is 2.73 bits per heavy atom. The molecule has 0 aromatic carbocycles. The van der Waals surface area contributed by atoms with E-state index < -0.39 is 0 Å². The summed E-state index contributed by atoms with van der Waals surface area (Å²) in [5, 5.41) is 6.91. The van der Waals surface area contributed by atoms with Crippen LogP contribution in [0.5, 0.6) is 0 Å². The van der Waals surface area contributed by atoms with Crippen LogP contribution in [0.4, 0.5) is 0 Å². The molecule has 1 unspecified atom stereocenters. The molecule has 0 aliphatic carbocycles. The van der Waals surface area contributed by atoms with Crippen molar-refractivity contribution in [2.75, 3.05) is 39.3 Å². The van der Waals surface area contributed by atoms with Gasteiger partial charge in [-0.05, 0) is 25.8 Å². The molecule has 3 heteroatoms. The van der Waals surface area contributed by atoms with Crippen LogP contribution in [-0.4, -0.2) is 50.2 Å². The number of hydrogen-bond donors (Lipinski definition) is 2. The fraction of sp³-hybridized carbons (Fsp3) is 0.833. The zero-order chi connectivity index (χ0) is 10.5. The molecule has 0 bridgehead atoms. The Balaban J connectivity index is 1.66. The Kier molecular flexibility index (Phi) is 4.18. The first-order valence-corrected chi connectivity index (χ1v) is 6.18. The number of nitrogens with zero attached hydrogens (tertiary/aromatic N) is 1. The molecular formula is C12H23N3. The third-order valence-electron chi connectivity index (χ3n) is 3.35. The van der Waals surface area contributed by atoms with Gasteiger partial charge in [0.15, 0.2) is 0 Å². The first-order valence-electron chi connectivity index (χ1n) is 6.18. The highest BCUT2D eigenvalue weighted by Gasteiger charge is 2.16. The van der Waals surface area contributed by atoms with Gasteiger partial charge in [-0.1, -0.05) is 12.2 Å². The van der Waals surface area contributed by atoms with Crippen LogP contribution in [0, 0.1) is 0 Å². The lowest BCUT2D eigenvalue weighted by atomic mass is 10.1. The molecule has 2 aliphatic heterocycles. The van der Waals surface area contributed by atoms with Crippen LogP contribution in [0.15, 0.2) is 12.2 Å². The highest BCUT2D eigenvalue weighted by atomic mass is 15.2. The van der Waals surface area contributed by atoms with Gasteiger partial charge in [-0.15, -0.1) is 0 Å². The van der Waals surface area contributed by atoms with Crippen LogP contribution >= 0.6 is 0 Å². The van der Waals surface area contributed by atoms with Crippen molar-refractivity contribution in [2.45, 2.75) is 25.3 Å². The lowest BCUT2D eigenvalue weighted by Gasteiger charge is -2.28. The highest BCUT2D eigenvalue weighted by molar-refractivity contribution is 5.02. The molecular weight excluding hydrogens is 186 g/mol. The van der Waals surface area contributed by atoms with E-state index in [-0.39, 0.29) is 0 Å². The van der Waals surface area contributed by atoms with E-state index in [9.17, 15) is 0 Å². The number of nitrogens with one attached hydrogen (secondary N) is 2. The number of rotatable bonds is 4. The van der Waals surface area contributed by atoms with Gasteiger partial charge in [-0.3, -0.25) is 4.90 Å². The molecule has 2 rings (SSSR count). The molecule has 3 nitrogen and oxygen atoms in total. The Hall–Kier alpha value is -0.380. The Bertz CT molecular complexity index is 203. The molecule has 0 amide bonds. The monoisotopic (exact) mass is 209 g/mol. The average molecular weight is 209 g/mol. The Morgan fingerprint density at radius 2 is 2.07 bits per heavy atom. The molecule has 2 N–H and O–H groups in total. The third kappa shape index (κ3) is 3.59. The van der Waals surface area contributed by atoms with E-state index in [1.54, 1.807) is 0 Å². The van der Waals surface area contributed by atoms with Gasteiger partial charge >= 0.3 is 0 Å². The van der Waals surface area contributed by atoms with Crippen molar-refractivity contribution >= 4 is 0 Å². The third-order valence-corrected chi connectivity index (χ3v) is 3.35. The molecule has 2 aliphatic rings. The van der Waals surface area contributed by atoms with Crippen molar-refractivity contribution in [3.05, 3.63) is 12.2 Å². The van der Waals surface area contributed by atoms with Gasteiger partial charge in [0.25, 0.3) is 0 Å². The quantitative estimate of drug-likeness (QED) is 0.664. The van der Waals surface area contributed by atoms with Crippen molar-refractivity contribution in [3.8, 4) is 0 Å². The summed E-state index contributed by atoms with van der Waals surface area (Å²) in [5.74, 6) is 0. The van der Waals surface area contributed by atoms with Crippen LogP contribution in [0.1, 0.15) is 19.3 Å². The maximum Gasteiger partial charge on any atom is 0.0191 e. The van der Waals surface area contributed by atoms with E-state index in [0.29, 0.717) is 6.04 Å². The van der Waals surface area contributed by atoms with Crippen LogP contribution in [0.25, 0.3) is 0 Å². The van der Waals surface area contributed by atoms with Gasteiger partial charge < -0.3 is 10.6 Å². The SMILES string of the molecule is C=C(CC1CCCN1)CN1CCNCC1. The van der Waals surface area contributed by atoms with E-state index in [1.165, 1.54) is 44.5 Å². The molecule has 0 saturated carbocycles. The molecule has 0 aromatic rings. The Morgan fingerprint density at radius 1 is 1.27 bits per heavy atom. The molecule has 86 valence electrons. The van der Waals surface area contributed by atoms with Crippen LogP contribution in [0.2, 0.25) is 0 Å². The van der Waals surface area contributed by atoms with Crippen molar-refractivity contribution in [1.82, 2.24) is 15.5 Å². The number of piperazine rings is 1. The lowest BCUT2D eigenvalue weighted by Crippen LogP contribution is -2.44. The number of hydrogen-bond acceptors (Lipinski definition) is 3. The molecule has 2 saturated heterocycles. The first-order chi connectivity index (χ1) is 7.34. The van der Waals surface area contributed by atoms with Crippen molar-refractivity contribution in [3.63, 3.8) is 0 Å². The van der Waals surface area contributed by atoms with Gasteiger partial charge in [-0.25, -0.2) is 0 Å². The summed E-state index contributed by atoms with van der Waals surface area (Å²) in [6.07, 6.45) is 3.84. The summed E-state index contributed by atoms with van der Waals surface area (Å²) in [6.45, 7) is 11.1. The maximum atomic E-state index is 4.21. The van der Waals surface area contributed by atoms with E-state index in [0.717, 1.165) is 19.6 Å². The standard InChI is InChI=1S/C12H23N3/c1-11(9-12-3-2-4-14-12)10-15-7-5-13-6-8-15/h12-14H,1-10H2. The van der Waals surface area contributed by atoms with Crippen LogP contribution in [-0.2, 0) is 0 Å². The fourth-order valence-corrected chi connectivity index (χ4v) is 2.53. The topological polar surface area (TPSA) is 27.3 Å². The minimum Gasteiger partial charge on any atom is -0.314 e. The molecule has 1 atom stereocenters. The first kappa shape index (κ1) is 11.1. The van der Waals surface area contributed by atoms with E-state index >= 15 is 0 Å². The van der Waals surface area contributed by atoms with E-state index in [1.807, 2.05) is 0 Å². The van der Waals surface area contributed by atoms with E-state index in [4.69, 9.17) is 0 Å². The minimum absolute atomic E-state index is 0.709. The second-order valence-corrected chi connectivity index (χ2v) is 4.77. The fourth-order valence-electron chi connectivity index (χ4n) is 2.53. The van der Waals surface area contributed by atoms with Crippen LogP contribution < -0.4 is 10.6 Å². The van der Waals surface area contributed by atoms with Crippen molar-refractivity contribution < 1.29 is 0 Å². The molecule has 2 fully saturated rings. The van der Waals surface area contributed by atoms with Gasteiger partial charge in [0.05, 0.1) is 0 Å². The second-order valence-electron chi connectivity index (χ2n) is 4.77. The van der Waals surface area contributed by atoms with Crippen molar-refractivity contribution in [1.29, 1.82) is 0 Å². The lowest BCUT2D eigenvalue weighted by molar-refractivity contribution is 0.256. The average Bonchev–Trinajstić information content (AvgIpc) is 2.71. The zero-order valence-corrected chi connectivity index (χ0v) is 9.60. The molecule has 0 radical (unpaired) electrons. The van der Waals surface area contributed by atoms with Gasteiger partial charge in [-0.2, -0.15) is 0 Å². The summed E-state index contributed by atoms with van der Waals surface area (Å²) in [5.41, 5.74) is 1.40. The highest BCUT2D eigenvalue weighted by Crippen LogP contribution is 2.14. The van der Waals surface area contributed by atoms with Gasteiger partial charge in [0, 0.05) is 38.8 Å². The second kappa shape index (κ2) is 5.64. The van der Waals surface area contributed by atoms with Gasteiger partial charge in [0.2, 0.25) is 0 Å². The molecule has 15 heavy (non-hydrogen) atoms. The largest absolute Gasteiger partial charge is 0.314 e. The molecule has 0 aromatic heterocycles. The molecule has 0 spiro atoms. The summed E-state index contributed by atoms with van der Waals surface area (Å²) in [7, 11) is 0. The molecule has 2 heterocycles. The minimum atomic E-state index is 0.709. The Labute approximate surface area is 92.9 Å². The summed E-state index contributed by atoms with van der Waals surface area (Å²) < 4.78 is 0. The van der Waals surface area contributed by atoms with Crippen LogP contribution in [0.3, 0.4) is 0 Å². The predicted molar refractivity (Wildman–Crippen MR) is 64.1 cm³/mol. The zero-order valence-electron chi connectivity index (χ0n) is 9.60. The summed E-state index contributed by atoms with van der Waals surface area (Å²) in [4.78, 5) is 2.51.